The first-order valence-electron chi connectivity index (χ1n) is 6.89. The van der Waals surface area contributed by atoms with E-state index in [0.29, 0.717) is 23.8 Å². The van der Waals surface area contributed by atoms with Crippen molar-refractivity contribution in [3.05, 3.63) is 12.2 Å². The van der Waals surface area contributed by atoms with Gasteiger partial charge in [-0.15, -0.1) is 0 Å². The summed E-state index contributed by atoms with van der Waals surface area (Å²) in [4.78, 5) is 24.1. The predicted molar refractivity (Wildman–Crippen MR) is 66.7 cm³/mol. The van der Waals surface area contributed by atoms with Gasteiger partial charge in [0, 0.05) is 17.9 Å². The molecular weight excluding hydrogens is 228 g/mol. The number of ether oxygens (including phenoxy) is 1. The molecule has 0 amide bonds. The van der Waals surface area contributed by atoms with E-state index in [9.17, 15) is 9.59 Å². The average Bonchev–Trinajstić information content (AvgIpc) is 2.75. The van der Waals surface area contributed by atoms with Crippen molar-refractivity contribution in [2.75, 3.05) is 0 Å². The molecule has 3 aliphatic rings. The number of fused-ring (bicyclic) bond motifs is 3. The molecular formula is C15H20O3. The Morgan fingerprint density at radius 2 is 2.00 bits per heavy atom. The van der Waals surface area contributed by atoms with Gasteiger partial charge in [0.2, 0.25) is 0 Å². The van der Waals surface area contributed by atoms with Crippen molar-refractivity contribution in [2.45, 2.75) is 45.6 Å². The van der Waals surface area contributed by atoms with Crippen LogP contribution in [0, 0.1) is 23.2 Å². The maximum Gasteiger partial charge on any atom is 0.334 e. The zero-order valence-electron chi connectivity index (χ0n) is 11.1. The van der Waals surface area contributed by atoms with Crippen molar-refractivity contribution in [3.8, 4) is 0 Å². The number of hydrogen-bond acceptors (Lipinski definition) is 3. The predicted octanol–water partition coefficient (Wildman–Crippen LogP) is 2.50. The van der Waals surface area contributed by atoms with Gasteiger partial charge in [-0.05, 0) is 38.0 Å². The second-order valence-electron chi connectivity index (χ2n) is 6.36. The average molecular weight is 248 g/mol. The molecule has 0 aromatic heterocycles. The van der Waals surface area contributed by atoms with Gasteiger partial charge in [-0.2, -0.15) is 0 Å². The number of Topliss-reactive ketones (excluding diaryl/α,β-unsaturated/α-hetero) is 1. The molecule has 18 heavy (non-hydrogen) atoms. The first-order chi connectivity index (χ1) is 8.46. The minimum absolute atomic E-state index is 0.0528. The SMILES string of the molecule is C=C1C(=O)O[C@H]2[C@H]1CC[C@@H](C)[C@H]1CCC(=O)[C@@]12C. The Balaban J connectivity index is 2.07. The molecule has 3 fully saturated rings. The molecule has 0 unspecified atom stereocenters. The standard InChI is InChI=1S/C15H20O3/c1-8-4-5-10-9(2)14(17)18-13(10)15(3)11(8)6-7-12(15)16/h8,10-11,13H,2,4-7H2,1,3H3/t8-,10+,11-,13+,15-/m1/s1. The van der Waals surface area contributed by atoms with Gasteiger partial charge in [0.1, 0.15) is 11.9 Å². The lowest BCUT2D eigenvalue weighted by Gasteiger charge is -2.36. The lowest BCUT2D eigenvalue weighted by atomic mass is 9.68. The molecule has 5 atom stereocenters. The van der Waals surface area contributed by atoms with Gasteiger partial charge in [-0.3, -0.25) is 4.79 Å². The van der Waals surface area contributed by atoms with Crippen LogP contribution < -0.4 is 0 Å². The molecule has 2 aliphatic carbocycles. The van der Waals surface area contributed by atoms with Crippen LogP contribution in [-0.2, 0) is 14.3 Å². The van der Waals surface area contributed by atoms with E-state index in [1.54, 1.807) is 0 Å². The van der Waals surface area contributed by atoms with Crippen LogP contribution in [0.15, 0.2) is 12.2 Å². The molecule has 98 valence electrons. The zero-order chi connectivity index (χ0) is 13.1. The molecule has 0 aromatic rings. The van der Waals surface area contributed by atoms with Gasteiger partial charge < -0.3 is 4.74 Å². The Hall–Kier alpha value is -1.12. The smallest absolute Gasteiger partial charge is 0.334 e. The number of ketones is 1. The van der Waals surface area contributed by atoms with Crippen molar-refractivity contribution in [2.24, 2.45) is 23.2 Å². The number of rotatable bonds is 0. The third-order valence-corrected chi connectivity index (χ3v) is 5.57. The second-order valence-corrected chi connectivity index (χ2v) is 6.36. The lowest BCUT2D eigenvalue weighted by molar-refractivity contribution is -0.151. The van der Waals surface area contributed by atoms with E-state index in [4.69, 9.17) is 4.74 Å². The van der Waals surface area contributed by atoms with E-state index in [1.165, 1.54) is 0 Å². The van der Waals surface area contributed by atoms with E-state index < -0.39 is 5.41 Å². The number of esters is 1. The van der Waals surface area contributed by atoms with E-state index in [2.05, 4.69) is 13.5 Å². The minimum Gasteiger partial charge on any atom is -0.457 e. The van der Waals surface area contributed by atoms with Crippen molar-refractivity contribution >= 4 is 11.8 Å². The van der Waals surface area contributed by atoms with E-state index in [-0.39, 0.29) is 23.8 Å². The molecule has 1 aliphatic heterocycles. The third kappa shape index (κ3) is 1.30. The first kappa shape index (κ1) is 11.9. The first-order valence-corrected chi connectivity index (χ1v) is 6.89. The van der Waals surface area contributed by atoms with E-state index in [0.717, 1.165) is 19.3 Å². The van der Waals surface area contributed by atoms with E-state index >= 15 is 0 Å². The maximum atomic E-state index is 12.4. The van der Waals surface area contributed by atoms with Gasteiger partial charge in [0.05, 0.1) is 5.41 Å². The van der Waals surface area contributed by atoms with Crippen molar-refractivity contribution < 1.29 is 14.3 Å². The summed E-state index contributed by atoms with van der Waals surface area (Å²) < 4.78 is 5.53. The summed E-state index contributed by atoms with van der Waals surface area (Å²) in [7, 11) is 0. The molecule has 1 heterocycles. The Labute approximate surface area is 108 Å². The van der Waals surface area contributed by atoms with Crippen LogP contribution in [-0.4, -0.2) is 17.9 Å². The number of carbonyl (C=O) groups is 2. The normalized spacial score (nSPS) is 47.6. The monoisotopic (exact) mass is 248 g/mol. The van der Waals surface area contributed by atoms with Crippen LogP contribution in [0.3, 0.4) is 0 Å². The fraction of sp³-hybridized carbons (Fsp3) is 0.733. The van der Waals surface area contributed by atoms with Crippen LogP contribution >= 0.6 is 0 Å². The van der Waals surface area contributed by atoms with Crippen LogP contribution in [0.1, 0.15) is 39.5 Å². The highest BCUT2D eigenvalue weighted by Crippen LogP contribution is 2.56. The number of hydrogen-bond donors (Lipinski definition) is 0. The number of carbonyl (C=O) groups excluding carboxylic acids is 2. The molecule has 3 nitrogen and oxygen atoms in total. The van der Waals surface area contributed by atoms with Gasteiger partial charge in [-0.25, -0.2) is 4.79 Å². The van der Waals surface area contributed by atoms with Crippen molar-refractivity contribution in [3.63, 3.8) is 0 Å². The van der Waals surface area contributed by atoms with Crippen molar-refractivity contribution in [1.82, 2.24) is 0 Å². The fourth-order valence-electron chi connectivity index (χ4n) is 4.42. The molecule has 3 rings (SSSR count). The summed E-state index contributed by atoms with van der Waals surface area (Å²) in [5, 5.41) is 0. The van der Waals surface area contributed by atoms with Gasteiger partial charge in [0.15, 0.2) is 0 Å². The quantitative estimate of drug-likeness (QED) is 0.488. The summed E-state index contributed by atoms with van der Waals surface area (Å²) in [6.45, 7) is 8.11. The largest absolute Gasteiger partial charge is 0.457 e. The minimum atomic E-state index is -0.477. The highest BCUT2D eigenvalue weighted by Gasteiger charge is 2.60. The second kappa shape index (κ2) is 3.69. The summed E-state index contributed by atoms with van der Waals surface area (Å²) in [6, 6.07) is 0. The van der Waals surface area contributed by atoms with Crippen LogP contribution in [0.25, 0.3) is 0 Å². The molecule has 0 spiro atoms. The highest BCUT2D eigenvalue weighted by molar-refractivity contribution is 5.94. The maximum absolute atomic E-state index is 12.4. The Morgan fingerprint density at radius 3 is 2.72 bits per heavy atom. The Morgan fingerprint density at radius 1 is 1.28 bits per heavy atom. The zero-order valence-corrected chi connectivity index (χ0v) is 11.1. The van der Waals surface area contributed by atoms with Crippen LogP contribution in [0.5, 0.6) is 0 Å². The third-order valence-electron chi connectivity index (χ3n) is 5.57. The molecule has 0 N–H and O–H groups in total. The van der Waals surface area contributed by atoms with Crippen molar-refractivity contribution in [1.29, 1.82) is 0 Å². The molecule has 0 radical (unpaired) electrons. The van der Waals surface area contributed by atoms with Gasteiger partial charge >= 0.3 is 5.97 Å². The summed E-state index contributed by atoms with van der Waals surface area (Å²) >= 11 is 0. The molecule has 3 heteroatoms. The lowest BCUT2D eigenvalue weighted by Crippen LogP contribution is -2.44. The van der Waals surface area contributed by atoms with E-state index in [1.807, 2.05) is 6.92 Å². The topological polar surface area (TPSA) is 43.4 Å². The molecule has 1 saturated heterocycles. The van der Waals surface area contributed by atoms with Gasteiger partial charge in [-0.1, -0.05) is 13.5 Å². The summed E-state index contributed by atoms with van der Waals surface area (Å²) in [5.74, 6) is 0.923. The molecule has 2 saturated carbocycles. The molecule has 0 aromatic carbocycles. The Kier molecular flexibility index (Phi) is 2.45. The summed E-state index contributed by atoms with van der Waals surface area (Å²) in [5.41, 5.74) is 0.101. The van der Waals surface area contributed by atoms with Crippen LogP contribution in [0.4, 0.5) is 0 Å². The Bertz CT molecular complexity index is 439. The van der Waals surface area contributed by atoms with Gasteiger partial charge in [0.25, 0.3) is 0 Å². The highest BCUT2D eigenvalue weighted by atomic mass is 16.6. The summed E-state index contributed by atoms with van der Waals surface area (Å²) in [6.07, 6.45) is 3.31. The molecule has 0 bridgehead atoms. The van der Waals surface area contributed by atoms with Crippen LogP contribution in [0.2, 0.25) is 0 Å². The fourth-order valence-corrected chi connectivity index (χ4v) is 4.42.